The van der Waals surface area contributed by atoms with Gasteiger partial charge < -0.3 is 21.3 Å². The highest BCUT2D eigenvalue weighted by atomic mass is 32.1. The SMILES string of the molecule is NC(=S)CNC(=O)C(=O)N1CCC2NC(=O)CCC2C1. The van der Waals surface area contributed by atoms with Crippen molar-refractivity contribution in [2.45, 2.75) is 25.3 Å². The van der Waals surface area contributed by atoms with Crippen molar-refractivity contribution in [1.82, 2.24) is 15.5 Å². The van der Waals surface area contributed by atoms with Crippen molar-refractivity contribution in [3.8, 4) is 0 Å². The van der Waals surface area contributed by atoms with Crippen LogP contribution >= 0.6 is 12.2 Å². The maximum absolute atomic E-state index is 12.0. The highest BCUT2D eigenvalue weighted by Gasteiger charge is 2.36. The molecular weight excluding hydrogens is 280 g/mol. The van der Waals surface area contributed by atoms with Crippen molar-refractivity contribution in [3.63, 3.8) is 0 Å². The minimum absolute atomic E-state index is 0.0237. The van der Waals surface area contributed by atoms with Crippen LogP contribution < -0.4 is 16.4 Å². The van der Waals surface area contributed by atoms with Crippen molar-refractivity contribution in [3.05, 3.63) is 0 Å². The van der Waals surface area contributed by atoms with E-state index < -0.39 is 11.8 Å². The molecule has 0 bridgehead atoms. The van der Waals surface area contributed by atoms with Crippen molar-refractivity contribution in [2.75, 3.05) is 19.6 Å². The van der Waals surface area contributed by atoms with E-state index >= 15 is 0 Å². The third-order valence-electron chi connectivity index (χ3n) is 3.73. The first-order chi connectivity index (χ1) is 9.47. The summed E-state index contributed by atoms with van der Waals surface area (Å²) in [4.78, 5) is 36.6. The number of fused-ring (bicyclic) bond motifs is 1. The smallest absolute Gasteiger partial charge is 0.311 e. The molecule has 2 unspecified atom stereocenters. The highest BCUT2D eigenvalue weighted by Crippen LogP contribution is 2.25. The van der Waals surface area contributed by atoms with Crippen LogP contribution in [-0.4, -0.2) is 53.3 Å². The van der Waals surface area contributed by atoms with Crippen LogP contribution in [0.4, 0.5) is 0 Å². The van der Waals surface area contributed by atoms with E-state index in [9.17, 15) is 14.4 Å². The molecule has 0 saturated carbocycles. The molecule has 0 aromatic carbocycles. The number of carbonyl (C=O) groups excluding carboxylic acids is 3. The third-order valence-corrected chi connectivity index (χ3v) is 3.87. The van der Waals surface area contributed by atoms with Crippen LogP contribution in [0.2, 0.25) is 0 Å². The summed E-state index contributed by atoms with van der Waals surface area (Å²) >= 11 is 4.64. The summed E-state index contributed by atoms with van der Waals surface area (Å²) in [6.07, 6.45) is 1.93. The van der Waals surface area contributed by atoms with Gasteiger partial charge in [0.15, 0.2) is 0 Å². The molecule has 2 saturated heterocycles. The Kier molecular flexibility index (Phi) is 4.53. The fraction of sp³-hybridized carbons (Fsp3) is 0.667. The van der Waals surface area contributed by atoms with Gasteiger partial charge in [0, 0.05) is 25.6 Å². The van der Waals surface area contributed by atoms with E-state index in [0.29, 0.717) is 25.9 Å². The summed E-state index contributed by atoms with van der Waals surface area (Å²) in [6.45, 7) is 1.00. The van der Waals surface area contributed by atoms with Crippen LogP contribution in [0.25, 0.3) is 0 Å². The molecule has 2 aliphatic rings. The minimum Gasteiger partial charge on any atom is -0.392 e. The molecule has 20 heavy (non-hydrogen) atoms. The zero-order valence-electron chi connectivity index (χ0n) is 11.1. The average molecular weight is 298 g/mol. The molecule has 0 aliphatic carbocycles. The Morgan fingerprint density at radius 2 is 2.20 bits per heavy atom. The molecule has 0 aromatic heterocycles. The molecule has 3 amide bonds. The summed E-state index contributed by atoms with van der Waals surface area (Å²) in [5.74, 6) is -0.943. The fourth-order valence-corrected chi connectivity index (χ4v) is 2.75. The molecular formula is C12H18N4O3S. The number of hydrogen-bond donors (Lipinski definition) is 3. The summed E-state index contributed by atoms with van der Waals surface area (Å²) in [5, 5.41) is 5.33. The molecule has 0 aromatic rings. The number of likely N-dealkylation sites (tertiary alicyclic amines) is 1. The van der Waals surface area contributed by atoms with Crippen LogP contribution in [0.3, 0.4) is 0 Å². The standard InChI is InChI=1S/C12H18N4O3S/c13-9(20)5-14-11(18)12(19)16-4-3-8-7(6-16)1-2-10(17)15-8/h7-8H,1-6H2,(H2,13,20)(H,14,18)(H,15,17). The summed E-state index contributed by atoms with van der Waals surface area (Å²) < 4.78 is 0. The van der Waals surface area contributed by atoms with E-state index in [0.717, 1.165) is 6.42 Å². The Bertz CT molecular complexity index is 454. The Balaban J connectivity index is 1.88. The molecule has 8 heteroatoms. The first-order valence-electron chi connectivity index (χ1n) is 6.62. The zero-order chi connectivity index (χ0) is 14.7. The number of amides is 3. The van der Waals surface area contributed by atoms with Crippen molar-refractivity contribution in [2.24, 2.45) is 11.7 Å². The van der Waals surface area contributed by atoms with Gasteiger partial charge in [0.25, 0.3) is 0 Å². The number of thiocarbonyl (C=S) groups is 1. The van der Waals surface area contributed by atoms with E-state index in [1.165, 1.54) is 4.90 Å². The zero-order valence-corrected chi connectivity index (χ0v) is 11.9. The van der Waals surface area contributed by atoms with E-state index in [1.54, 1.807) is 0 Å². The normalized spacial score (nSPS) is 25.4. The largest absolute Gasteiger partial charge is 0.392 e. The van der Waals surface area contributed by atoms with E-state index in [2.05, 4.69) is 22.9 Å². The minimum atomic E-state index is -0.684. The molecule has 2 fully saturated rings. The second-order valence-corrected chi connectivity index (χ2v) is 5.69. The number of nitrogens with one attached hydrogen (secondary N) is 2. The number of nitrogens with two attached hydrogens (primary N) is 1. The van der Waals surface area contributed by atoms with Gasteiger partial charge in [-0.25, -0.2) is 0 Å². The van der Waals surface area contributed by atoms with Crippen LogP contribution in [0.5, 0.6) is 0 Å². The molecule has 7 nitrogen and oxygen atoms in total. The van der Waals surface area contributed by atoms with Gasteiger partial charge >= 0.3 is 11.8 Å². The summed E-state index contributed by atoms with van der Waals surface area (Å²) in [7, 11) is 0. The lowest BCUT2D eigenvalue weighted by atomic mass is 9.85. The van der Waals surface area contributed by atoms with E-state index in [-0.39, 0.29) is 29.4 Å². The number of nitrogens with zero attached hydrogens (tertiary/aromatic N) is 1. The maximum atomic E-state index is 12.0. The van der Waals surface area contributed by atoms with Gasteiger partial charge in [-0.2, -0.15) is 0 Å². The molecule has 2 rings (SSSR count). The number of hydrogen-bond acceptors (Lipinski definition) is 4. The molecule has 2 atom stereocenters. The Morgan fingerprint density at radius 3 is 2.90 bits per heavy atom. The number of carbonyl (C=O) groups is 3. The molecule has 4 N–H and O–H groups in total. The average Bonchev–Trinajstić information content (AvgIpc) is 2.43. The molecule has 0 spiro atoms. The first kappa shape index (κ1) is 14.7. The van der Waals surface area contributed by atoms with Crippen LogP contribution in [-0.2, 0) is 14.4 Å². The maximum Gasteiger partial charge on any atom is 0.311 e. The third kappa shape index (κ3) is 3.44. The second kappa shape index (κ2) is 6.17. The quantitative estimate of drug-likeness (QED) is 0.426. The molecule has 110 valence electrons. The topological polar surface area (TPSA) is 105 Å². The molecule has 2 aliphatic heterocycles. The van der Waals surface area contributed by atoms with E-state index in [4.69, 9.17) is 5.73 Å². The molecule has 0 radical (unpaired) electrons. The van der Waals surface area contributed by atoms with Crippen LogP contribution in [0.1, 0.15) is 19.3 Å². The predicted octanol–water partition coefficient (Wildman–Crippen LogP) is -1.48. The second-order valence-electron chi connectivity index (χ2n) is 5.16. The van der Waals surface area contributed by atoms with Gasteiger partial charge in [-0.3, -0.25) is 14.4 Å². The van der Waals surface area contributed by atoms with Gasteiger partial charge in [-0.1, -0.05) is 12.2 Å². The highest BCUT2D eigenvalue weighted by molar-refractivity contribution is 7.80. The van der Waals surface area contributed by atoms with Gasteiger partial charge in [-0.15, -0.1) is 0 Å². The number of piperidine rings is 2. The van der Waals surface area contributed by atoms with Gasteiger partial charge in [0.2, 0.25) is 5.91 Å². The Morgan fingerprint density at radius 1 is 1.45 bits per heavy atom. The van der Waals surface area contributed by atoms with Crippen LogP contribution in [0.15, 0.2) is 0 Å². The van der Waals surface area contributed by atoms with Crippen LogP contribution in [0, 0.1) is 5.92 Å². The predicted molar refractivity (Wildman–Crippen MR) is 75.6 cm³/mol. The summed E-state index contributed by atoms with van der Waals surface area (Å²) in [6, 6.07) is 0.125. The van der Waals surface area contributed by atoms with Gasteiger partial charge in [0.05, 0.1) is 11.5 Å². The molecule has 2 heterocycles. The van der Waals surface area contributed by atoms with Gasteiger partial charge in [0.1, 0.15) is 0 Å². The lowest BCUT2D eigenvalue weighted by Crippen LogP contribution is -2.57. The number of rotatable bonds is 2. The van der Waals surface area contributed by atoms with Crippen molar-refractivity contribution in [1.29, 1.82) is 0 Å². The first-order valence-corrected chi connectivity index (χ1v) is 7.03. The van der Waals surface area contributed by atoms with Gasteiger partial charge in [-0.05, 0) is 18.8 Å². The lowest BCUT2D eigenvalue weighted by Gasteiger charge is -2.41. The van der Waals surface area contributed by atoms with E-state index in [1.807, 2.05) is 0 Å². The lowest BCUT2D eigenvalue weighted by molar-refractivity contribution is -0.147. The van der Waals surface area contributed by atoms with Crippen molar-refractivity contribution < 1.29 is 14.4 Å². The van der Waals surface area contributed by atoms with Crippen molar-refractivity contribution >= 4 is 34.9 Å². The fourth-order valence-electron chi connectivity index (χ4n) is 2.68. The monoisotopic (exact) mass is 298 g/mol. The Labute approximate surface area is 122 Å². The summed E-state index contributed by atoms with van der Waals surface area (Å²) in [5.41, 5.74) is 5.27. The Hall–Kier alpha value is -1.70.